The number of carbonyl (C=O) groups excluding carboxylic acids is 1. The molecule has 1 aliphatic carbocycles. The summed E-state index contributed by atoms with van der Waals surface area (Å²) in [4.78, 5) is 20.6. The minimum atomic E-state index is -0.685. The van der Waals surface area contributed by atoms with Gasteiger partial charge in [0.05, 0.1) is 18.8 Å². The Hall–Kier alpha value is -1.97. The smallest absolute Gasteiger partial charge is 0.414 e. The Bertz CT molecular complexity index is 693. The number of cyclic esters (lactones) is 1. The van der Waals surface area contributed by atoms with Crippen molar-refractivity contribution in [2.75, 3.05) is 56.2 Å². The van der Waals surface area contributed by atoms with Crippen molar-refractivity contribution in [2.24, 2.45) is 0 Å². The molecule has 0 bridgehead atoms. The van der Waals surface area contributed by atoms with Gasteiger partial charge in [0.1, 0.15) is 11.8 Å². The van der Waals surface area contributed by atoms with Crippen molar-refractivity contribution in [3.8, 4) is 0 Å². The highest BCUT2D eigenvalue weighted by atomic mass is 19.1. The third-order valence-electron chi connectivity index (χ3n) is 5.10. The molecule has 148 valence electrons. The molecule has 1 amide bonds. The van der Waals surface area contributed by atoms with Crippen molar-refractivity contribution in [1.29, 1.82) is 0 Å². The summed E-state index contributed by atoms with van der Waals surface area (Å²) in [5.74, 6) is -1.37. The fourth-order valence-corrected chi connectivity index (χ4v) is 3.61. The van der Waals surface area contributed by atoms with Crippen molar-refractivity contribution in [2.45, 2.75) is 25.0 Å². The summed E-state index contributed by atoms with van der Waals surface area (Å²) >= 11 is 0. The standard InChI is InChI=1S/C18H24F2N4O3/c1-21-10-14-11-23(18(25)27-14)13-8-15(19)17(16(20)9-13)22-4-5-24(12-2-3-12)26-7-6-22/h8-9,12,14,21H,2-7,10-11H2,1H3/t14-/m0/s1. The van der Waals surface area contributed by atoms with Crippen LogP contribution in [-0.4, -0.2) is 69.7 Å². The molecule has 3 aliphatic rings. The lowest BCUT2D eigenvalue weighted by molar-refractivity contribution is -0.154. The van der Waals surface area contributed by atoms with Gasteiger partial charge in [-0.1, -0.05) is 0 Å². The van der Waals surface area contributed by atoms with Gasteiger partial charge >= 0.3 is 6.09 Å². The Morgan fingerprint density at radius 3 is 2.59 bits per heavy atom. The molecule has 2 saturated heterocycles. The van der Waals surface area contributed by atoms with Crippen LogP contribution in [0.15, 0.2) is 12.1 Å². The highest BCUT2D eigenvalue weighted by Crippen LogP contribution is 2.32. The van der Waals surface area contributed by atoms with Crippen LogP contribution in [0.25, 0.3) is 0 Å². The first-order valence-corrected chi connectivity index (χ1v) is 9.33. The second-order valence-corrected chi connectivity index (χ2v) is 7.12. The van der Waals surface area contributed by atoms with Crippen LogP contribution in [0.4, 0.5) is 25.0 Å². The Morgan fingerprint density at radius 2 is 1.93 bits per heavy atom. The van der Waals surface area contributed by atoms with Crippen molar-refractivity contribution in [1.82, 2.24) is 10.4 Å². The number of ether oxygens (including phenoxy) is 1. The van der Waals surface area contributed by atoms with E-state index < -0.39 is 17.7 Å². The summed E-state index contributed by atoms with van der Waals surface area (Å²) in [5.41, 5.74) is 0.0994. The molecule has 4 rings (SSSR count). The maximum absolute atomic E-state index is 14.8. The van der Waals surface area contributed by atoms with Gasteiger partial charge in [0.15, 0.2) is 11.6 Å². The molecule has 0 radical (unpaired) electrons. The summed E-state index contributed by atoms with van der Waals surface area (Å²) in [6.07, 6.45) is 1.28. The number of hydrogen-bond donors (Lipinski definition) is 1. The number of nitrogens with one attached hydrogen (secondary N) is 1. The monoisotopic (exact) mass is 382 g/mol. The van der Waals surface area contributed by atoms with E-state index in [0.717, 1.165) is 12.8 Å². The molecule has 1 atom stereocenters. The average molecular weight is 382 g/mol. The molecule has 3 fully saturated rings. The fourth-order valence-electron chi connectivity index (χ4n) is 3.61. The molecular weight excluding hydrogens is 358 g/mol. The van der Waals surface area contributed by atoms with Gasteiger partial charge in [-0.25, -0.2) is 13.6 Å². The minimum absolute atomic E-state index is 0.0701. The molecule has 1 aromatic rings. The zero-order chi connectivity index (χ0) is 19.0. The first-order chi connectivity index (χ1) is 13.1. The summed E-state index contributed by atoms with van der Waals surface area (Å²) < 4.78 is 34.8. The Balaban J connectivity index is 1.51. The second-order valence-electron chi connectivity index (χ2n) is 7.12. The van der Waals surface area contributed by atoms with E-state index in [1.54, 1.807) is 11.9 Å². The molecule has 0 spiro atoms. The normalized spacial score (nSPS) is 24.3. The first-order valence-electron chi connectivity index (χ1n) is 9.33. The van der Waals surface area contributed by atoms with Crippen LogP contribution in [-0.2, 0) is 9.57 Å². The van der Waals surface area contributed by atoms with Gasteiger partial charge in [0.25, 0.3) is 0 Å². The minimum Gasteiger partial charge on any atom is -0.443 e. The number of hydroxylamine groups is 2. The van der Waals surface area contributed by atoms with Crippen LogP contribution in [0, 0.1) is 11.6 Å². The van der Waals surface area contributed by atoms with E-state index in [0.29, 0.717) is 38.8 Å². The summed E-state index contributed by atoms with van der Waals surface area (Å²) in [6.45, 7) is 2.63. The van der Waals surface area contributed by atoms with E-state index in [-0.39, 0.29) is 24.0 Å². The van der Waals surface area contributed by atoms with Gasteiger partial charge in [-0.05, 0) is 19.9 Å². The van der Waals surface area contributed by atoms with Gasteiger partial charge in [-0.15, -0.1) is 0 Å². The molecule has 2 heterocycles. The van der Waals surface area contributed by atoms with Gasteiger partial charge in [-0.2, -0.15) is 5.06 Å². The molecule has 1 saturated carbocycles. The summed E-state index contributed by atoms with van der Waals surface area (Å²) in [6, 6.07) is 2.84. The Kier molecular flexibility index (Phi) is 5.16. The molecule has 0 aromatic heterocycles. The van der Waals surface area contributed by atoms with Gasteiger partial charge in [-0.3, -0.25) is 9.74 Å². The first kappa shape index (κ1) is 18.4. The second kappa shape index (κ2) is 7.57. The van der Waals surface area contributed by atoms with E-state index in [2.05, 4.69) is 5.32 Å². The number of rotatable bonds is 5. The summed E-state index contributed by atoms with van der Waals surface area (Å²) in [5, 5.41) is 4.85. The number of anilines is 2. The quantitative estimate of drug-likeness (QED) is 0.837. The number of likely N-dealkylation sites (N-methyl/N-ethyl adjacent to an activating group) is 1. The lowest BCUT2D eigenvalue weighted by atomic mass is 10.2. The fraction of sp³-hybridized carbons (Fsp3) is 0.611. The molecular formula is C18H24F2N4O3. The van der Waals surface area contributed by atoms with Crippen LogP contribution < -0.4 is 15.1 Å². The van der Waals surface area contributed by atoms with Crippen molar-refractivity contribution in [3.63, 3.8) is 0 Å². The number of carbonyl (C=O) groups is 1. The average Bonchev–Trinajstić information content (AvgIpc) is 3.41. The molecule has 1 N–H and O–H groups in total. The van der Waals surface area contributed by atoms with Crippen molar-refractivity contribution < 1.29 is 23.1 Å². The van der Waals surface area contributed by atoms with Crippen LogP contribution in [0.2, 0.25) is 0 Å². The highest BCUT2D eigenvalue weighted by Gasteiger charge is 2.34. The largest absolute Gasteiger partial charge is 0.443 e. The lowest BCUT2D eigenvalue weighted by Crippen LogP contribution is -2.32. The topological polar surface area (TPSA) is 57.3 Å². The van der Waals surface area contributed by atoms with Crippen molar-refractivity contribution >= 4 is 17.5 Å². The van der Waals surface area contributed by atoms with Crippen LogP contribution >= 0.6 is 0 Å². The number of amides is 1. The number of hydrogen-bond acceptors (Lipinski definition) is 6. The van der Waals surface area contributed by atoms with Gasteiger partial charge in [0.2, 0.25) is 0 Å². The number of halogens is 2. The zero-order valence-electron chi connectivity index (χ0n) is 15.3. The van der Waals surface area contributed by atoms with E-state index in [9.17, 15) is 13.6 Å². The summed E-state index contributed by atoms with van der Waals surface area (Å²) in [7, 11) is 1.75. The SMILES string of the molecule is CNC[C@H]1CN(c2cc(F)c(N3CCON(C4CC4)CC3)c(F)c2)C(=O)O1. The maximum Gasteiger partial charge on any atom is 0.414 e. The molecule has 9 heteroatoms. The Labute approximate surface area is 156 Å². The predicted octanol–water partition coefficient (Wildman–Crippen LogP) is 1.73. The zero-order valence-corrected chi connectivity index (χ0v) is 15.3. The molecule has 2 aliphatic heterocycles. The van der Waals surface area contributed by atoms with E-state index >= 15 is 0 Å². The van der Waals surface area contributed by atoms with Gasteiger partial charge in [0, 0.05) is 44.4 Å². The number of benzene rings is 1. The third-order valence-corrected chi connectivity index (χ3v) is 5.10. The van der Waals surface area contributed by atoms with Crippen molar-refractivity contribution in [3.05, 3.63) is 23.8 Å². The van der Waals surface area contributed by atoms with Crippen LogP contribution in [0.3, 0.4) is 0 Å². The lowest BCUT2D eigenvalue weighted by Gasteiger charge is -2.24. The van der Waals surface area contributed by atoms with Gasteiger partial charge < -0.3 is 15.0 Å². The van der Waals surface area contributed by atoms with E-state index in [1.807, 2.05) is 5.06 Å². The van der Waals surface area contributed by atoms with Crippen LogP contribution in [0.1, 0.15) is 12.8 Å². The van der Waals surface area contributed by atoms with Crippen LogP contribution in [0.5, 0.6) is 0 Å². The van der Waals surface area contributed by atoms with E-state index in [1.165, 1.54) is 17.0 Å². The maximum atomic E-state index is 14.8. The highest BCUT2D eigenvalue weighted by molar-refractivity contribution is 5.90. The molecule has 1 aromatic carbocycles. The molecule has 0 unspecified atom stereocenters. The number of nitrogens with zero attached hydrogens (tertiary/aromatic N) is 3. The Morgan fingerprint density at radius 1 is 1.19 bits per heavy atom. The molecule has 27 heavy (non-hydrogen) atoms. The third kappa shape index (κ3) is 3.85. The predicted molar refractivity (Wildman–Crippen MR) is 95.8 cm³/mol. The van der Waals surface area contributed by atoms with E-state index in [4.69, 9.17) is 9.57 Å². The molecule has 7 nitrogen and oxygen atoms in total.